The van der Waals surface area contributed by atoms with Crippen LogP contribution in [0.5, 0.6) is 0 Å². The molecule has 6 nitrogen and oxygen atoms in total. The van der Waals surface area contributed by atoms with Crippen molar-refractivity contribution in [1.82, 2.24) is 0 Å². The molecule has 0 amide bonds. The standard InChI is InChI=1S/C5H18N6/c1-2-3(6)4(7,8)5(9,10)11/h3H,2,6-11H2,1H3. The van der Waals surface area contributed by atoms with Gasteiger partial charge in [0.1, 0.15) is 11.4 Å². The zero-order valence-electron chi connectivity index (χ0n) is 6.75. The fourth-order valence-electron chi connectivity index (χ4n) is 0.659. The van der Waals surface area contributed by atoms with Crippen molar-refractivity contribution >= 4 is 0 Å². The molecule has 11 heavy (non-hydrogen) atoms. The second-order valence-electron chi connectivity index (χ2n) is 2.88. The molecular formula is C5H18N6. The fourth-order valence-corrected chi connectivity index (χ4v) is 0.659. The van der Waals surface area contributed by atoms with Gasteiger partial charge >= 0.3 is 0 Å². The van der Waals surface area contributed by atoms with E-state index < -0.39 is 17.5 Å². The summed E-state index contributed by atoms with van der Waals surface area (Å²) >= 11 is 0. The Labute approximate surface area is 66.2 Å². The summed E-state index contributed by atoms with van der Waals surface area (Å²) in [4.78, 5) is 0. The number of nitrogens with two attached hydrogens (primary N) is 6. The molecule has 12 N–H and O–H groups in total. The van der Waals surface area contributed by atoms with E-state index in [-0.39, 0.29) is 0 Å². The molecule has 0 saturated heterocycles. The molecule has 0 radical (unpaired) electrons. The van der Waals surface area contributed by atoms with Gasteiger partial charge in [0.05, 0.1) is 0 Å². The SMILES string of the molecule is CCC(N)C(N)(N)C(N)(N)N. The van der Waals surface area contributed by atoms with Crippen molar-refractivity contribution in [3.63, 3.8) is 0 Å². The van der Waals surface area contributed by atoms with Crippen LogP contribution in [-0.2, 0) is 0 Å². The zero-order chi connectivity index (χ0) is 9.28. The molecule has 0 aliphatic heterocycles. The van der Waals surface area contributed by atoms with E-state index in [2.05, 4.69) is 0 Å². The summed E-state index contributed by atoms with van der Waals surface area (Å²) in [7, 11) is 0. The molecule has 0 heterocycles. The minimum atomic E-state index is -1.65. The molecule has 0 aromatic heterocycles. The van der Waals surface area contributed by atoms with E-state index in [4.69, 9.17) is 34.4 Å². The minimum Gasteiger partial charge on any atom is -0.325 e. The number of rotatable bonds is 3. The van der Waals surface area contributed by atoms with Gasteiger partial charge in [0.2, 0.25) is 0 Å². The molecule has 68 valence electrons. The molecule has 1 atom stereocenters. The van der Waals surface area contributed by atoms with Crippen LogP contribution in [0.3, 0.4) is 0 Å². The summed E-state index contributed by atoms with van der Waals surface area (Å²) in [5.74, 6) is -1.65. The van der Waals surface area contributed by atoms with E-state index in [1.807, 2.05) is 6.92 Å². The molecule has 0 aromatic carbocycles. The van der Waals surface area contributed by atoms with Crippen molar-refractivity contribution < 1.29 is 0 Å². The normalized spacial score (nSPS) is 16.6. The Morgan fingerprint density at radius 3 is 1.55 bits per heavy atom. The van der Waals surface area contributed by atoms with Crippen LogP contribution >= 0.6 is 0 Å². The lowest BCUT2D eigenvalue weighted by atomic mass is 9.94. The van der Waals surface area contributed by atoms with E-state index in [1.165, 1.54) is 0 Å². The van der Waals surface area contributed by atoms with Gasteiger partial charge in [-0.1, -0.05) is 6.92 Å². The van der Waals surface area contributed by atoms with E-state index in [9.17, 15) is 0 Å². The third-order valence-electron chi connectivity index (χ3n) is 1.80. The Balaban J connectivity index is 4.45. The summed E-state index contributed by atoms with van der Waals surface area (Å²) in [5, 5.41) is 0. The van der Waals surface area contributed by atoms with Gasteiger partial charge in [-0.2, -0.15) is 0 Å². The summed E-state index contributed by atoms with van der Waals surface area (Å²) in [6.07, 6.45) is 0.570. The maximum absolute atomic E-state index is 5.55. The van der Waals surface area contributed by atoms with E-state index in [1.54, 1.807) is 0 Å². The Hall–Kier alpha value is -0.240. The lowest BCUT2D eigenvalue weighted by Gasteiger charge is -2.40. The summed E-state index contributed by atoms with van der Waals surface area (Å²) in [6.45, 7) is 1.82. The predicted molar refractivity (Wildman–Crippen MR) is 44.7 cm³/mol. The van der Waals surface area contributed by atoms with Crippen molar-refractivity contribution in [3.05, 3.63) is 0 Å². The molecule has 0 spiro atoms. The highest BCUT2D eigenvalue weighted by atomic mass is 15.3. The first-order chi connectivity index (χ1) is 4.73. The van der Waals surface area contributed by atoms with Crippen molar-refractivity contribution in [2.75, 3.05) is 0 Å². The zero-order valence-corrected chi connectivity index (χ0v) is 6.75. The van der Waals surface area contributed by atoms with Crippen LogP contribution in [0, 0.1) is 0 Å². The second kappa shape index (κ2) is 3.02. The van der Waals surface area contributed by atoms with Crippen LogP contribution < -0.4 is 34.4 Å². The van der Waals surface area contributed by atoms with Crippen LogP contribution in [0.4, 0.5) is 0 Å². The van der Waals surface area contributed by atoms with E-state index >= 15 is 0 Å². The van der Waals surface area contributed by atoms with Gasteiger partial charge in [-0.05, 0) is 6.42 Å². The Morgan fingerprint density at radius 2 is 1.45 bits per heavy atom. The molecular weight excluding hydrogens is 144 g/mol. The lowest BCUT2D eigenvalue weighted by Crippen LogP contribution is -2.85. The van der Waals surface area contributed by atoms with Crippen LogP contribution in [0.2, 0.25) is 0 Å². The van der Waals surface area contributed by atoms with Gasteiger partial charge in [0.25, 0.3) is 0 Å². The first-order valence-corrected chi connectivity index (χ1v) is 3.43. The van der Waals surface area contributed by atoms with Gasteiger partial charge in [-0.3, -0.25) is 17.2 Å². The van der Waals surface area contributed by atoms with Gasteiger partial charge < -0.3 is 17.2 Å². The predicted octanol–water partition coefficient (Wildman–Crippen LogP) is -3.13. The van der Waals surface area contributed by atoms with Gasteiger partial charge in [0.15, 0.2) is 0 Å². The Kier molecular flexibility index (Phi) is 2.95. The highest BCUT2D eigenvalue weighted by molar-refractivity contribution is 5.01. The van der Waals surface area contributed by atoms with Gasteiger partial charge in [0, 0.05) is 6.04 Å². The largest absolute Gasteiger partial charge is 0.325 e. The van der Waals surface area contributed by atoms with E-state index in [0.29, 0.717) is 6.42 Å². The first kappa shape index (κ1) is 10.8. The molecule has 0 aliphatic rings. The molecule has 0 bridgehead atoms. The lowest BCUT2D eigenvalue weighted by molar-refractivity contribution is 0.193. The molecule has 0 aliphatic carbocycles. The number of hydrogen-bond donors (Lipinski definition) is 6. The van der Waals surface area contributed by atoms with Crippen LogP contribution in [-0.4, -0.2) is 17.5 Å². The fraction of sp³-hybridized carbons (Fsp3) is 1.00. The Morgan fingerprint density at radius 1 is 1.09 bits per heavy atom. The monoisotopic (exact) mass is 162 g/mol. The minimum absolute atomic E-state index is 0.512. The maximum Gasteiger partial charge on any atom is 0.149 e. The summed E-state index contributed by atoms with van der Waals surface area (Å²) in [5.41, 5.74) is 31.1. The first-order valence-electron chi connectivity index (χ1n) is 3.43. The molecule has 0 rings (SSSR count). The quantitative estimate of drug-likeness (QED) is 0.241. The van der Waals surface area contributed by atoms with Crippen LogP contribution in [0.1, 0.15) is 13.3 Å². The average molecular weight is 162 g/mol. The summed E-state index contributed by atoms with van der Waals surface area (Å²) in [6, 6.07) is -0.512. The Bertz CT molecular complexity index is 125. The highest BCUT2D eigenvalue weighted by Gasteiger charge is 2.41. The van der Waals surface area contributed by atoms with Crippen molar-refractivity contribution in [2.24, 2.45) is 34.4 Å². The van der Waals surface area contributed by atoms with E-state index in [0.717, 1.165) is 0 Å². The number of hydrogen-bond acceptors (Lipinski definition) is 6. The second-order valence-corrected chi connectivity index (χ2v) is 2.88. The highest BCUT2D eigenvalue weighted by Crippen LogP contribution is 2.06. The summed E-state index contributed by atoms with van der Waals surface area (Å²) < 4.78 is 0. The molecule has 0 fully saturated rings. The third-order valence-corrected chi connectivity index (χ3v) is 1.80. The van der Waals surface area contributed by atoms with Crippen molar-refractivity contribution in [2.45, 2.75) is 30.8 Å². The molecule has 0 saturated carbocycles. The van der Waals surface area contributed by atoms with Crippen LogP contribution in [0.25, 0.3) is 0 Å². The topological polar surface area (TPSA) is 156 Å². The van der Waals surface area contributed by atoms with Crippen molar-refractivity contribution in [3.8, 4) is 0 Å². The molecule has 6 heteroatoms. The maximum atomic E-state index is 5.55. The average Bonchev–Trinajstić information content (AvgIpc) is 1.83. The third kappa shape index (κ3) is 2.09. The van der Waals surface area contributed by atoms with Gasteiger partial charge in [-0.25, -0.2) is 0 Å². The molecule has 1 unspecified atom stereocenters. The smallest absolute Gasteiger partial charge is 0.149 e. The van der Waals surface area contributed by atoms with Crippen LogP contribution in [0.15, 0.2) is 0 Å². The molecule has 0 aromatic rings. The van der Waals surface area contributed by atoms with Crippen molar-refractivity contribution in [1.29, 1.82) is 0 Å². The van der Waals surface area contributed by atoms with Gasteiger partial charge in [-0.15, -0.1) is 0 Å².